The van der Waals surface area contributed by atoms with Crippen molar-refractivity contribution in [2.75, 3.05) is 12.4 Å². The molecular weight excluding hydrogens is 330 g/mol. The molecule has 1 unspecified atom stereocenters. The minimum atomic E-state index is -0.419. The number of amides is 2. The van der Waals surface area contributed by atoms with Gasteiger partial charge >= 0.3 is 0 Å². The number of aromatic nitrogens is 1. The maximum Gasteiger partial charge on any atom is 0.226 e. The fraction of sp³-hybridized carbons (Fsp3) is 0.350. The molecule has 0 bridgehead atoms. The van der Waals surface area contributed by atoms with Gasteiger partial charge < -0.3 is 15.4 Å². The summed E-state index contributed by atoms with van der Waals surface area (Å²) in [6, 6.07) is 8.81. The van der Waals surface area contributed by atoms with Crippen molar-refractivity contribution >= 4 is 17.5 Å². The van der Waals surface area contributed by atoms with E-state index >= 15 is 0 Å². The number of aryl methyl sites for hydroxylation is 3. The van der Waals surface area contributed by atoms with Gasteiger partial charge in [-0.05, 0) is 50.1 Å². The fourth-order valence-corrected chi connectivity index (χ4v) is 2.92. The fourth-order valence-electron chi connectivity index (χ4n) is 2.92. The second-order valence-electron chi connectivity index (χ2n) is 6.32. The van der Waals surface area contributed by atoms with Gasteiger partial charge in [-0.1, -0.05) is 12.1 Å². The molecule has 0 fully saturated rings. The molecule has 2 aromatic rings. The van der Waals surface area contributed by atoms with Crippen LogP contribution in [-0.4, -0.2) is 23.9 Å². The summed E-state index contributed by atoms with van der Waals surface area (Å²) in [5.74, 6) is 0.344. The van der Waals surface area contributed by atoms with Gasteiger partial charge in [0, 0.05) is 12.6 Å². The van der Waals surface area contributed by atoms with E-state index in [1.54, 1.807) is 19.2 Å². The lowest BCUT2D eigenvalue weighted by Crippen LogP contribution is -2.30. The van der Waals surface area contributed by atoms with E-state index in [4.69, 9.17) is 4.74 Å². The predicted molar refractivity (Wildman–Crippen MR) is 101 cm³/mol. The Morgan fingerprint density at radius 3 is 2.35 bits per heavy atom. The van der Waals surface area contributed by atoms with Crippen LogP contribution in [0.25, 0.3) is 0 Å². The Bertz CT molecular complexity index is 777. The summed E-state index contributed by atoms with van der Waals surface area (Å²) < 4.78 is 5.15. The first-order valence-electron chi connectivity index (χ1n) is 8.46. The molecule has 0 aliphatic rings. The lowest BCUT2D eigenvalue weighted by Gasteiger charge is -2.19. The van der Waals surface area contributed by atoms with Crippen LogP contribution in [0.2, 0.25) is 0 Å². The van der Waals surface area contributed by atoms with Crippen molar-refractivity contribution in [1.82, 2.24) is 10.3 Å². The molecule has 2 amide bonds. The van der Waals surface area contributed by atoms with Gasteiger partial charge in [-0.25, -0.2) is 0 Å². The zero-order valence-electron chi connectivity index (χ0n) is 15.8. The molecule has 2 rings (SSSR count). The maximum absolute atomic E-state index is 12.6. The molecule has 2 N–H and O–H groups in total. The lowest BCUT2D eigenvalue weighted by molar-refractivity contribution is -0.120. The maximum atomic E-state index is 12.6. The number of hydrogen-bond donors (Lipinski definition) is 2. The Balaban J connectivity index is 2.17. The smallest absolute Gasteiger partial charge is 0.226 e. The van der Waals surface area contributed by atoms with Gasteiger partial charge in [0.25, 0.3) is 0 Å². The second-order valence-corrected chi connectivity index (χ2v) is 6.32. The molecular formula is C20H25N3O3. The highest BCUT2D eigenvalue weighted by atomic mass is 16.5. The predicted octanol–water partition coefficient (Wildman–Crippen LogP) is 3.22. The zero-order chi connectivity index (χ0) is 19.3. The lowest BCUT2D eigenvalue weighted by atomic mass is 10.0. The number of carbonyl (C=O) groups is 2. The Kier molecular flexibility index (Phi) is 6.33. The van der Waals surface area contributed by atoms with Gasteiger partial charge in [0.2, 0.25) is 11.8 Å². The first-order chi connectivity index (χ1) is 12.3. The van der Waals surface area contributed by atoms with Crippen LogP contribution in [-0.2, 0) is 9.59 Å². The van der Waals surface area contributed by atoms with Crippen LogP contribution in [0.15, 0.2) is 30.3 Å². The molecule has 1 atom stereocenters. The van der Waals surface area contributed by atoms with Gasteiger partial charge in [-0.2, -0.15) is 0 Å². The normalized spacial score (nSPS) is 11.6. The molecule has 138 valence electrons. The van der Waals surface area contributed by atoms with E-state index in [1.165, 1.54) is 6.92 Å². The van der Waals surface area contributed by atoms with Crippen LogP contribution < -0.4 is 15.4 Å². The number of nitrogens with zero attached hydrogens (tertiary/aromatic N) is 1. The van der Waals surface area contributed by atoms with Crippen LogP contribution in [0.5, 0.6) is 5.75 Å². The first kappa shape index (κ1) is 19.4. The monoisotopic (exact) mass is 355 g/mol. The third-order valence-electron chi connectivity index (χ3n) is 4.08. The molecule has 1 aromatic carbocycles. The molecule has 0 aliphatic carbocycles. The van der Waals surface area contributed by atoms with Gasteiger partial charge in [0.05, 0.1) is 31.0 Å². The highest BCUT2D eigenvalue weighted by molar-refractivity contribution is 5.93. The van der Waals surface area contributed by atoms with E-state index in [9.17, 15) is 9.59 Å². The third kappa shape index (κ3) is 5.05. The summed E-state index contributed by atoms with van der Waals surface area (Å²) in [6.45, 7) is 7.16. The summed E-state index contributed by atoms with van der Waals surface area (Å²) in [7, 11) is 1.59. The molecule has 1 heterocycles. The van der Waals surface area contributed by atoms with Crippen molar-refractivity contribution in [3.05, 3.63) is 52.8 Å². The van der Waals surface area contributed by atoms with Crippen molar-refractivity contribution in [2.45, 2.75) is 40.2 Å². The van der Waals surface area contributed by atoms with Crippen molar-refractivity contribution in [3.8, 4) is 5.75 Å². The number of rotatable bonds is 6. The summed E-state index contributed by atoms with van der Waals surface area (Å²) in [5.41, 5.74) is 4.20. The van der Waals surface area contributed by atoms with Gasteiger partial charge in [-0.15, -0.1) is 0 Å². The Morgan fingerprint density at radius 1 is 1.15 bits per heavy atom. The number of ether oxygens (including phenoxy) is 1. The molecule has 6 heteroatoms. The van der Waals surface area contributed by atoms with Gasteiger partial charge in [-0.3, -0.25) is 14.6 Å². The highest BCUT2D eigenvalue weighted by Crippen LogP contribution is 2.23. The van der Waals surface area contributed by atoms with Crippen molar-refractivity contribution in [2.24, 2.45) is 0 Å². The van der Waals surface area contributed by atoms with Crippen molar-refractivity contribution < 1.29 is 14.3 Å². The number of carbonyl (C=O) groups excluding carboxylic acids is 2. The molecule has 0 spiro atoms. The topological polar surface area (TPSA) is 80.3 Å². The van der Waals surface area contributed by atoms with Crippen LogP contribution >= 0.6 is 0 Å². The van der Waals surface area contributed by atoms with Crippen LogP contribution in [0, 0.1) is 20.8 Å². The van der Waals surface area contributed by atoms with E-state index in [1.807, 2.05) is 39.0 Å². The first-order valence-corrected chi connectivity index (χ1v) is 8.46. The average molecular weight is 355 g/mol. The quantitative estimate of drug-likeness (QED) is 0.834. The zero-order valence-corrected chi connectivity index (χ0v) is 15.8. The molecule has 1 aromatic heterocycles. The number of nitrogens with one attached hydrogen (secondary N) is 2. The molecule has 6 nitrogen and oxygen atoms in total. The minimum Gasteiger partial charge on any atom is -0.497 e. The Hall–Kier alpha value is -2.89. The SMILES string of the molecule is COc1ccc(C(CC(=O)Nc2c(C)cc(C)nc2C)NC(C)=O)cc1. The number of methoxy groups -OCH3 is 1. The summed E-state index contributed by atoms with van der Waals surface area (Å²) >= 11 is 0. The molecule has 0 aliphatic heterocycles. The van der Waals surface area contributed by atoms with Crippen molar-refractivity contribution in [3.63, 3.8) is 0 Å². The molecule has 26 heavy (non-hydrogen) atoms. The van der Waals surface area contributed by atoms with Crippen molar-refractivity contribution in [1.29, 1.82) is 0 Å². The molecule has 0 saturated carbocycles. The Morgan fingerprint density at radius 2 is 1.81 bits per heavy atom. The van der Waals surface area contributed by atoms with Crippen LogP contribution in [0.1, 0.15) is 41.9 Å². The summed E-state index contributed by atoms with van der Waals surface area (Å²) in [5, 5.41) is 5.76. The van der Waals surface area contributed by atoms with E-state index in [0.29, 0.717) is 0 Å². The number of pyridine rings is 1. The number of hydrogen-bond acceptors (Lipinski definition) is 4. The largest absolute Gasteiger partial charge is 0.497 e. The van der Waals surface area contributed by atoms with Gasteiger partial charge in [0.15, 0.2) is 0 Å². The highest BCUT2D eigenvalue weighted by Gasteiger charge is 2.18. The second kappa shape index (κ2) is 8.47. The van der Waals surface area contributed by atoms with E-state index in [-0.39, 0.29) is 18.2 Å². The van der Waals surface area contributed by atoms with E-state index in [2.05, 4.69) is 15.6 Å². The van der Waals surface area contributed by atoms with E-state index in [0.717, 1.165) is 34.0 Å². The van der Waals surface area contributed by atoms with E-state index < -0.39 is 6.04 Å². The number of benzene rings is 1. The summed E-state index contributed by atoms with van der Waals surface area (Å²) in [4.78, 5) is 28.5. The van der Waals surface area contributed by atoms with Gasteiger partial charge in [0.1, 0.15) is 5.75 Å². The average Bonchev–Trinajstić information content (AvgIpc) is 2.57. The Labute approximate surface area is 154 Å². The molecule has 0 saturated heterocycles. The minimum absolute atomic E-state index is 0.124. The third-order valence-corrected chi connectivity index (χ3v) is 4.08. The molecule has 0 radical (unpaired) electrons. The number of anilines is 1. The standard InChI is InChI=1S/C20H25N3O3/c1-12-10-13(2)21-14(3)20(12)23-19(25)11-18(22-15(4)24)16-6-8-17(26-5)9-7-16/h6-10,18H,11H2,1-5H3,(H,22,24)(H,23,25). The van der Waals surface area contributed by atoms with Crippen LogP contribution in [0.4, 0.5) is 5.69 Å². The summed E-state index contributed by atoms with van der Waals surface area (Å²) in [6.07, 6.45) is 0.124. The van der Waals surface area contributed by atoms with Crippen LogP contribution in [0.3, 0.4) is 0 Å².